The number of anilines is 2. The third kappa shape index (κ3) is 5.15. The Kier molecular flexibility index (Phi) is 7.28. The van der Waals surface area contributed by atoms with Gasteiger partial charge in [0.15, 0.2) is 6.17 Å². The highest BCUT2D eigenvalue weighted by atomic mass is 16.2. The van der Waals surface area contributed by atoms with Crippen molar-refractivity contribution in [1.29, 1.82) is 0 Å². The fourth-order valence-electron chi connectivity index (χ4n) is 3.66. The summed E-state index contributed by atoms with van der Waals surface area (Å²) in [5.74, 6) is -0.326. The molecule has 0 saturated carbocycles. The minimum absolute atomic E-state index is 0.0828. The molecule has 0 aliphatic rings. The standard InChI is InChI=1S/C26H30N4O2/c1-17-11-10-15-22(18(17)2)28-26(32)29-24(27)25(31)30(4)23-16-9-8-14-21(23)19(3)20-12-6-5-7-13-20/h5-16,19,24H,27H2,1-4H3,(H2,28,29,32). The first kappa shape index (κ1) is 23.0. The zero-order valence-electron chi connectivity index (χ0n) is 18.9. The predicted molar refractivity (Wildman–Crippen MR) is 130 cm³/mol. The molecule has 2 unspecified atom stereocenters. The summed E-state index contributed by atoms with van der Waals surface area (Å²) in [4.78, 5) is 27.0. The van der Waals surface area contributed by atoms with Crippen LogP contribution in [0.2, 0.25) is 0 Å². The second-order valence-electron chi connectivity index (χ2n) is 7.91. The monoisotopic (exact) mass is 430 g/mol. The van der Waals surface area contributed by atoms with Crippen LogP contribution in [-0.4, -0.2) is 25.2 Å². The molecular weight excluding hydrogens is 400 g/mol. The molecule has 0 aliphatic carbocycles. The summed E-state index contributed by atoms with van der Waals surface area (Å²) in [5.41, 5.74) is 11.7. The number of nitrogens with zero attached hydrogens (tertiary/aromatic N) is 1. The van der Waals surface area contributed by atoms with Gasteiger partial charge in [0.25, 0.3) is 5.91 Å². The van der Waals surface area contributed by atoms with E-state index in [9.17, 15) is 9.59 Å². The molecule has 0 fully saturated rings. The number of hydrogen-bond acceptors (Lipinski definition) is 3. The summed E-state index contributed by atoms with van der Waals surface area (Å²) in [6.07, 6.45) is -1.19. The number of carbonyl (C=O) groups is 2. The van der Waals surface area contributed by atoms with Gasteiger partial charge in [-0.05, 0) is 48.2 Å². The molecule has 166 valence electrons. The highest BCUT2D eigenvalue weighted by Gasteiger charge is 2.24. The third-order valence-electron chi connectivity index (χ3n) is 5.80. The quantitative estimate of drug-likeness (QED) is 0.502. The van der Waals surface area contributed by atoms with Gasteiger partial charge in [0.2, 0.25) is 0 Å². The van der Waals surface area contributed by atoms with E-state index in [-0.39, 0.29) is 5.92 Å². The third-order valence-corrected chi connectivity index (χ3v) is 5.80. The number of benzene rings is 3. The van der Waals surface area contributed by atoms with Crippen LogP contribution in [0, 0.1) is 13.8 Å². The van der Waals surface area contributed by atoms with E-state index in [1.807, 2.05) is 74.5 Å². The van der Waals surface area contributed by atoms with Gasteiger partial charge in [-0.2, -0.15) is 0 Å². The molecule has 0 radical (unpaired) electrons. The topological polar surface area (TPSA) is 87.5 Å². The fraction of sp³-hybridized carbons (Fsp3) is 0.231. The van der Waals surface area contributed by atoms with Crippen LogP contribution >= 0.6 is 0 Å². The molecule has 0 saturated heterocycles. The summed E-state index contributed by atoms with van der Waals surface area (Å²) < 4.78 is 0. The Morgan fingerprint density at radius 3 is 2.28 bits per heavy atom. The summed E-state index contributed by atoms with van der Waals surface area (Å²) in [5, 5.41) is 5.31. The Morgan fingerprint density at radius 2 is 1.56 bits per heavy atom. The minimum atomic E-state index is -1.19. The number of likely N-dealkylation sites (N-methyl/N-ethyl adjacent to an activating group) is 1. The number of para-hydroxylation sites is 1. The zero-order chi connectivity index (χ0) is 23.3. The number of hydrogen-bond donors (Lipinski definition) is 3. The maximum Gasteiger partial charge on any atom is 0.320 e. The molecule has 6 heteroatoms. The van der Waals surface area contributed by atoms with Crippen molar-refractivity contribution in [3.8, 4) is 0 Å². The van der Waals surface area contributed by atoms with Crippen molar-refractivity contribution in [2.24, 2.45) is 5.73 Å². The maximum atomic E-state index is 13.0. The first-order valence-electron chi connectivity index (χ1n) is 10.6. The van der Waals surface area contributed by atoms with E-state index in [2.05, 4.69) is 29.7 Å². The molecule has 0 spiro atoms. The first-order chi connectivity index (χ1) is 15.3. The van der Waals surface area contributed by atoms with Crippen LogP contribution in [0.5, 0.6) is 0 Å². The molecule has 6 nitrogen and oxygen atoms in total. The van der Waals surface area contributed by atoms with E-state index >= 15 is 0 Å². The number of rotatable bonds is 6. The lowest BCUT2D eigenvalue weighted by Crippen LogP contribution is -2.54. The summed E-state index contributed by atoms with van der Waals surface area (Å²) in [6.45, 7) is 5.99. The molecule has 3 aromatic rings. The van der Waals surface area contributed by atoms with Gasteiger partial charge in [-0.15, -0.1) is 0 Å². The number of amides is 3. The van der Waals surface area contributed by atoms with Crippen molar-refractivity contribution < 1.29 is 9.59 Å². The number of nitrogens with one attached hydrogen (secondary N) is 2. The summed E-state index contributed by atoms with van der Waals surface area (Å²) in [6, 6.07) is 22.9. The molecule has 0 heterocycles. The van der Waals surface area contributed by atoms with Crippen LogP contribution < -0.4 is 21.3 Å². The Morgan fingerprint density at radius 1 is 0.906 bits per heavy atom. The van der Waals surface area contributed by atoms with E-state index in [0.717, 1.165) is 27.9 Å². The molecular formula is C26H30N4O2. The zero-order valence-corrected chi connectivity index (χ0v) is 18.9. The number of aryl methyl sites for hydroxylation is 1. The highest BCUT2D eigenvalue weighted by molar-refractivity contribution is 6.00. The van der Waals surface area contributed by atoms with Crippen LogP contribution in [0.4, 0.5) is 16.2 Å². The van der Waals surface area contributed by atoms with Crippen LogP contribution in [0.15, 0.2) is 72.8 Å². The van der Waals surface area contributed by atoms with Gasteiger partial charge in [0.1, 0.15) is 0 Å². The fourth-order valence-corrected chi connectivity index (χ4v) is 3.66. The van der Waals surface area contributed by atoms with Crippen molar-refractivity contribution in [2.75, 3.05) is 17.3 Å². The Balaban J connectivity index is 1.72. The minimum Gasteiger partial charge on any atom is -0.314 e. The molecule has 0 aliphatic heterocycles. The van der Waals surface area contributed by atoms with Crippen LogP contribution in [0.25, 0.3) is 0 Å². The van der Waals surface area contributed by atoms with E-state index < -0.39 is 18.1 Å². The van der Waals surface area contributed by atoms with E-state index in [0.29, 0.717) is 5.69 Å². The molecule has 3 aromatic carbocycles. The summed E-state index contributed by atoms with van der Waals surface area (Å²) in [7, 11) is 1.67. The highest BCUT2D eigenvalue weighted by Crippen LogP contribution is 2.31. The Labute approximate surface area is 189 Å². The Hall–Kier alpha value is -3.64. The lowest BCUT2D eigenvalue weighted by atomic mass is 9.91. The van der Waals surface area contributed by atoms with Crippen LogP contribution in [0.1, 0.15) is 35.1 Å². The largest absolute Gasteiger partial charge is 0.320 e. The average molecular weight is 431 g/mol. The summed E-state index contributed by atoms with van der Waals surface area (Å²) >= 11 is 0. The molecule has 2 atom stereocenters. The van der Waals surface area contributed by atoms with Gasteiger partial charge in [0.05, 0.1) is 0 Å². The van der Waals surface area contributed by atoms with E-state index in [1.54, 1.807) is 7.05 Å². The first-order valence-corrected chi connectivity index (χ1v) is 10.6. The lowest BCUT2D eigenvalue weighted by Gasteiger charge is -2.26. The smallest absolute Gasteiger partial charge is 0.314 e. The predicted octanol–water partition coefficient (Wildman–Crippen LogP) is 4.52. The van der Waals surface area contributed by atoms with Gasteiger partial charge in [-0.3, -0.25) is 4.79 Å². The van der Waals surface area contributed by atoms with Gasteiger partial charge in [-0.25, -0.2) is 4.79 Å². The van der Waals surface area contributed by atoms with Crippen molar-refractivity contribution in [3.63, 3.8) is 0 Å². The normalized spacial score (nSPS) is 12.5. The van der Waals surface area contributed by atoms with Gasteiger partial charge in [-0.1, -0.05) is 67.6 Å². The Bertz CT molecular complexity index is 1100. The van der Waals surface area contributed by atoms with Crippen molar-refractivity contribution in [2.45, 2.75) is 32.9 Å². The second kappa shape index (κ2) is 10.1. The molecule has 32 heavy (non-hydrogen) atoms. The number of carbonyl (C=O) groups excluding carboxylic acids is 2. The van der Waals surface area contributed by atoms with Crippen molar-refractivity contribution in [3.05, 3.63) is 95.1 Å². The van der Waals surface area contributed by atoms with Crippen LogP contribution in [0.3, 0.4) is 0 Å². The molecule has 3 rings (SSSR count). The maximum absolute atomic E-state index is 13.0. The number of urea groups is 1. The molecule has 4 N–H and O–H groups in total. The van der Waals surface area contributed by atoms with Crippen LogP contribution in [-0.2, 0) is 4.79 Å². The molecule has 3 amide bonds. The average Bonchev–Trinajstić information content (AvgIpc) is 2.81. The van der Waals surface area contributed by atoms with E-state index in [1.165, 1.54) is 4.90 Å². The second-order valence-corrected chi connectivity index (χ2v) is 7.91. The molecule has 0 bridgehead atoms. The van der Waals surface area contributed by atoms with Gasteiger partial charge in [0, 0.05) is 24.3 Å². The van der Waals surface area contributed by atoms with Gasteiger partial charge < -0.3 is 21.3 Å². The van der Waals surface area contributed by atoms with Crippen molar-refractivity contribution >= 4 is 23.3 Å². The van der Waals surface area contributed by atoms with Crippen molar-refractivity contribution in [1.82, 2.24) is 5.32 Å². The molecule has 0 aromatic heterocycles. The van der Waals surface area contributed by atoms with Gasteiger partial charge >= 0.3 is 6.03 Å². The SMILES string of the molecule is Cc1cccc(NC(=O)NC(N)C(=O)N(C)c2ccccc2C(C)c2ccccc2)c1C. The number of nitrogens with two attached hydrogens (primary N) is 1. The van der Waals surface area contributed by atoms with E-state index in [4.69, 9.17) is 5.73 Å². The lowest BCUT2D eigenvalue weighted by molar-refractivity contribution is -0.120.